The van der Waals surface area contributed by atoms with Crippen LogP contribution in [0.25, 0.3) is 0 Å². The molecule has 0 fully saturated rings. The highest BCUT2D eigenvalue weighted by molar-refractivity contribution is 5.71. The minimum absolute atomic E-state index is 0.165. The van der Waals surface area contributed by atoms with Gasteiger partial charge in [0.15, 0.2) is 6.10 Å². The second kappa shape index (κ2) is 62.3. The van der Waals surface area contributed by atoms with E-state index in [0.29, 0.717) is 19.3 Å². The van der Waals surface area contributed by atoms with Crippen LogP contribution in [0.15, 0.2) is 219 Å². The van der Waals surface area contributed by atoms with Gasteiger partial charge >= 0.3 is 17.9 Å². The second-order valence-electron chi connectivity index (χ2n) is 18.0. The molecule has 1 atom stereocenters. The maximum atomic E-state index is 12.8. The first-order chi connectivity index (χ1) is 38.0. The SMILES string of the molecule is CC/C=C\C/C=C\C/C=C\C/C=C\C/C=C\C/C=C\C/C=C\CCCC(=O)OCC(COC(=O)CCC/C=C\C/C=C\C/C=C\C/C=C\C/C=C\CC)OC(=O)CC/C=C\C/C=C\C/C=C\C/C=C\C/C=C\C/C=C\CC. The van der Waals surface area contributed by atoms with Gasteiger partial charge in [0.25, 0.3) is 0 Å². The minimum Gasteiger partial charge on any atom is -0.462 e. The Morgan fingerprint density at radius 3 is 0.701 bits per heavy atom. The quantitative estimate of drug-likeness (QED) is 0.0261. The lowest BCUT2D eigenvalue weighted by atomic mass is 10.2. The van der Waals surface area contributed by atoms with Crippen LogP contribution in [0, 0.1) is 0 Å². The number of carbonyl (C=O) groups is 3. The molecule has 6 heteroatoms. The average molecular weight is 1050 g/mol. The van der Waals surface area contributed by atoms with Crippen molar-refractivity contribution in [3.05, 3.63) is 219 Å². The van der Waals surface area contributed by atoms with Crippen LogP contribution in [-0.4, -0.2) is 37.2 Å². The van der Waals surface area contributed by atoms with Gasteiger partial charge in [-0.25, -0.2) is 0 Å². The maximum absolute atomic E-state index is 12.8. The van der Waals surface area contributed by atoms with E-state index in [1.807, 2.05) is 12.2 Å². The number of allylic oxidation sites excluding steroid dienone is 36. The Kier molecular flexibility index (Phi) is 57.2. The third-order valence-corrected chi connectivity index (χ3v) is 11.0. The maximum Gasteiger partial charge on any atom is 0.306 e. The molecule has 0 aliphatic heterocycles. The highest BCUT2D eigenvalue weighted by Crippen LogP contribution is 2.08. The standard InChI is InChI=1S/C71H102O6/c1-4-7-10-13-16-19-22-25-28-31-33-34-35-36-38-40-43-46-49-52-55-58-61-64-70(73)76-67-68(66-75-69(72)63-60-57-54-51-48-45-42-39-30-27-24-21-18-15-12-9-6-3)77-71(74)65-62-59-56-53-50-47-44-41-37-32-29-26-23-20-17-14-11-8-5-2/h7-12,16-21,25-30,33-34,36-38,41-43,45-47,50-52,54-56,59,68H,4-6,13-15,22-24,31-32,35,39-40,44,48-49,53,57-58,60-67H2,1-3H3/b10-7-,11-8-,12-9-,19-16-,20-17-,21-18-,28-25-,29-26-,30-27-,34-33-,38-36-,41-37-,45-42-,46-43-,50-47-,54-51-,55-52-,59-56-. The lowest BCUT2D eigenvalue weighted by Gasteiger charge is -2.18. The molecule has 0 aromatic rings. The van der Waals surface area contributed by atoms with Crippen molar-refractivity contribution < 1.29 is 28.6 Å². The van der Waals surface area contributed by atoms with Crippen molar-refractivity contribution in [1.29, 1.82) is 0 Å². The fraction of sp³-hybridized carbons (Fsp3) is 0.451. The predicted octanol–water partition coefficient (Wildman–Crippen LogP) is 20.2. The summed E-state index contributed by atoms with van der Waals surface area (Å²) in [7, 11) is 0. The number of hydrogen-bond acceptors (Lipinski definition) is 6. The molecule has 0 radical (unpaired) electrons. The summed E-state index contributed by atoms with van der Waals surface area (Å²) in [4.78, 5) is 38.2. The van der Waals surface area contributed by atoms with Gasteiger partial charge in [-0.3, -0.25) is 14.4 Å². The van der Waals surface area contributed by atoms with Gasteiger partial charge in [-0.1, -0.05) is 240 Å². The fourth-order valence-electron chi connectivity index (χ4n) is 6.73. The first-order valence-corrected chi connectivity index (χ1v) is 29.2. The molecule has 0 spiro atoms. The van der Waals surface area contributed by atoms with E-state index in [1.165, 1.54) is 0 Å². The summed E-state index contributed by atoms with van der Waals surface area (Å²) in [6.45, 7) is 6.10. The largest absolute Gasteiger partial charge is 0.462 e. The van der Waals surface area contributed by atoms with Crippen molar-refractivity contribution in [3.8, 4) is 0 Å². The van der Waals surface area contributed by atoms with E-state index in [1.54, 1.807) is 0 Å². The van der Waals surface area contributed by atoms with Crippen LogP contribution in [0.2, 0.25) is 0 Å². The Morgan fingerprint density at radius 1 is 0.260 bits per heavy atom. The molecule has 77 heavy (non-hydrogen) atoms. The van der Waals surface area contributed by atoms with Crippen LogP contribution >= 0.6 is 0 Å². The Balaban J connectivity index is 4.73. The van der Waals surface area contributed by atoms with Crippen LogP contribution in [0.3, 0.4) is 0 Å². The van der Waals surface area contributed by atoms with Crippen molar-refractivity contribution in [2.24, 2.45) is 0 Å². The van der Waals surface area contributed by atoms with Crippen molar-refractivity contribution in [3.63, 3.8) is 0 Å². The van der Waals surface area contributed by atoms with Crippen LogP contribution in [0.1, 0.15) is 188 Å². The summed E-state index contributed by atoms with van der Waals surface area (Å²) in [5, 5.41) is 0. The molecular weight excluding hydrogens is 949 g/mol. The van der Waals surface area contributed by atoms with Crippen molar-refractivity contribution in [2.45, 2.75) is 194 Å². The normalized spacial score (nSPS) is 13.8. The molecule has 0 N–H and O–H groups in total. The number of unbranched alkanes of at least 4 members (excludes halogenated alkanes) is 2. The first-order valence-electron chi connectivity index (χ1n) is 29.2. The molecule has 6 nitrogen and oxygen atoms in total. The Hall–Kier alpha value is -6.27. The number of rotatable bonds is 49. The van der Waals surface area contributed by atoms with E-state index < -0.39 is 12.1 Å². The molecule has 0 bridgehead atoms. The van der Waals surface area contributed by atoms with Crippen LogP contribution < -0.4 is 0 Å². The molecule has 0 rings (SSSR count). The topological polar surface area (TPSA) is 78.9 Å². The summed E-state index contributed by atoms with van der Waals surface area (Å²) in [5.74, 6) is -1.19. The van der Waals surface area contributed by atoms with Gasteiger partial charge in [0.05, 0.1) is 0 Å². The fourth-order valence-corrected chi connectivity index (χ4v) is 6.73. The molecule has 0 aromatic heterocycles. The van der Waals surface area contributed by atoms with Gasteiger partial charge < -0.3 is 14.2 Å². The predicted molar refractivity (Wildman–Crippen MR) is 333 cm³/mol. The third kappa shape index (κ3) is 60.5. The van der Waals surface area contributed by atoms with E-state index in [2.05, 4.69) is 227 Å². The van der Waals surface area contributed by atoms with Crippen molar-refractivity contribution in [1.82, 2.24) is 0 Å². The lowest BCUT2D eigenvalue weighted by Crippen LogP contribution is -2.30. The Bertz CT molecular complexity index is 1980. The summed E-state index contributed by atoms with van der Waals surface area (Å²) in [6.07, 6.45) is 98.1. The van der Waals surface area contributed by atoms with E-state index in [0.717, 1.165) is 128 Å². The zero-order valence-corrected chi connectivity index (χ0v) is 48.1. The number of ether oxygens (including phenoxy) is 3. The lowest BCUT2D eigenvalue weighted by molar-refractivity contribution is -0.166. The molecule has 0 aromatic carbocycles. The van der Waals surface area contributed by atoms with E-state index in [4.69, 9.17) is 14.2 Å². The third-order valence-electron chi connectivity index (χ3n) is 11.0. The van der Waals surface area contributed by atoms with Crippen molar-refractivity contribution in [2.75, 3.05) is 13.2 Å². The van der Waals surface area contributed by atoms with E-state index >= 15 is 0 Å². The summed E-state index contributed by atoms with van der Waals surface area (Å²) in [6, 6.07) is 0. The first kappa shape index (κ1) is 70.7. The molecular formula is C71H102O6. The molecule has 422 valence electrons. The molecule has 0 aliphatic rings. The molecule has 0 heterocycles. The molecule has 0 amide bonds. The zero-order valence-electron chi connectivity index (χ0n) is 48.1. The van der Waals surface area contributed by atoms with Gasteiger partial charge in [-0.2, -0.15) is 0 Å². The highest BCUT2D eigenvalue weighted by atomic mass is 16.6. The van der Waals surface area contributed by atoms with Gasteiger partial charge in [0.1, 0.15) is 13.2 Å². The minimum atomic E-state index is -0.882. The van der Waals surface area contributed by atoms with Crippen LogP contribution in [-0.2, 0) is 28.6 Å². The smallest absolute Gasteiger partial charge is 0.306 e. The van der Waals surface area contributed by atoms with Gasteiger partial charge in [-0.15, -0.1) is 0 Å². The van der Waals surface area contributed by atoms with Crippen LogP contribution in [0.4, 0.5) is 0 Å². The molecule has 0 saturated carbocycles. The number of carbonyl (C=O) groups excluding carboxylic acids is 3. The van der Waals surface area contributed by atoms with Gasteiger partial charge in [0, 0.05) is 19.3 Å². The zero-order chi connectivity index (χ0) is 55.7. The summed E-state index contributed by atoms with van der Waals surface area (Å²) < 4.78 is 16.7. The molecule has 0 saturated heterocycles. The molecule has 0 aliphatic carbocycles. The average Bonchev–Trinajstić information content (AvgIpc) is 3.43. The molecule has 1 unspecified atom stereocenters. The van der Waals surface area contributed by atoms with E-state index in [-0.39, 0.29) is 44.4 Å². The van der Waals surface area contributed by atoms with Gasteiger partial charge in [-0.05, 0) is 148 Å². The van der Waals surface area contributed by atoms with Crippen LogP contribution in [0.5, 0.6) is 0 Å². The van der Waals surface area contributed by atoms with Gasteiger partial charge in [0.2, 0.25) is 0 Å². The summed E-state index contributed by atoms with van der Waals surface area (Å²) in [5.41, 5.74) is 0. The highest BCUT2D eigenvalue weighted by Gasteiger charge is 2.19. The number of hydrogen-bond donors (Lipinski definition) is 0. The number of esters is 3. The second-order valence-corrected chi connectivity index (χ2v) is 18.0. The summed E-state index contributed by atoms with van der Waals surface area (Å²) >= 11 is 0. The monoisotopic (exact) mass is 1050 g/mol. The Labute approximate surface area is 470 Å². The Morgan fingerprint density at radius 2 is 0.468 bits per heavy atom. The van der Waals surface area contributed by atoms with Crippen molar-refractivity contribution >= 4 is 17.9 Å². The van der Waals surface area contributed by atoms with E-state index in [9.17, 15) is 14.4 Å².